The highest BCUT2D eigenvalue weighted by Crippen LogP contribution is 2.51. The summed E-state index contributed by atoms with van der Waals surface area (Å²) >= 11 is 1.86. The molecule has 0 saturated carbocycles. The monoisotopic (exact) mass is 784 g/mol. The van der Waals surface area contributed by atoms with E-state index in [1.807, 2.05) is 11.3 Å². The second-order valence-electron chi connectivity index (χ2n) is 16.6. The molecule has 0 N–H and O–H groups in total. The zero-order valence-electron chi connectivity index (χ0n) is 33.4. The summed E-state index contributed by atoms with van der Waals surface area (Å²) in [6, 6.07) is 76.1. The topological polar surface area (TPSA) is 8.17 Å². The van der Waals surface area contributed by atoms with Crippen molar-refractivity contribution in [2.75, 3.05) is 4.90 Å². The first-order chi connectivity index (χ1) is 29.5. The van der Waals surface area contributed by atoms with E-state index in [1.54, 1.807) is 0 Å². The summed E-state index contributed by atoms with van der Waals surface area (Å²) < 4.78 is 5.02. The van der Waals surface area contributed by atoms with Crippen LogP contribution in [-0.4, -0.2) is 4.57 Å². The number of hydrogen-bond donors (Lipinski definition) is 0. The fraction of sp³-hybridized carbons (Fsp3) is 0.0526. The minimum Gasteiger partial charge on any atom is -0.310 e. The number of hydrogen-bond acceptors (Lipinski definition) is 2. The van der Waals surface area contributed by atoms with Crippen LogP contribution in [0.2, 0.25) is 0 Å². The van der Waals surface area contributed by atoms with Crippen LogP contribution in [0.15, 0.2) is 206 Å². The molecular weight excluding hydrogens is 745 g/mol. The molecule has 0 spiro atoms. The van der Waals surface area contributed by atoms with Gasteiger partial charge in [0.2, 0.25) is 0 Å². The Morgan fingerprint density at radius 3 is 1.88 bits per heavy atom. The van der Waals surface area contributed by atoms with E-state index in [4.69, 9.17) is 0 Å². The fourth-order valence-electron chi connectivity index (χ4n) is 9.82. The lowest BCUT2D eigenvalue weighted by atomic mass is 9.82. The van der Waals surface area contributed by atoms with Gasteiger partial charge in [-0.05, 0) is 129 Å². The Balaban J connectivity index is 0.979. The van der Waals surface area contributed by atoms with Crippen molar-refractivity contribution in [1.29, 1.82) is 0 Å². The maximum atomic E-state index is 2.43. The summed E-state index contributed by atoms with van der Waals surface area (Å²) in [6.45, 7) is 4.72. The van der Waals surface area contributed by atoms with Gasteiger partial charge in [0, 0.05) is 59.1 Å². The lowest BCUT2D eigenvalue weighted by Crippen LogP contribution is -2.16. The molecular formula is C57H40N2S. The first-order valence-electron chi connectivity index (χ1n) is 20.7. The van der Waals surface area contributed by atoms with E-state index in [-0.39, 0.29) is 5.41 Å². The van der Waals surface area contributed by atoms with Crippen LogP contribution >= 0.6 is 11.3 Å². The summed E-state index contributed by atoms with van der Waals surface area (Å²) in [7, 11) is 0. The standard InChI is InChI=1S/C57H40N2S/c1-57(2)51-20-9-6-17-45(51)46-30-29-44(36-52(46)57)58(43-16-12-13-38(33-43)40-26-32-56-50(35-40)48-19-8-11-22-55(48)60-56)42-27-23-37(24-28-42)39-25-31-54-49(34-39)47-18-7-10-21-53(47)59(54)41-14-4-3-5-15-41/h3-36H,1-2H3. The van der Waals surface area contributed by atoms with Crippen LogP contribution in [0, 0.1) is 0 Å². The van der Waals surface area contributed by atoms with Gasteiger partial charge in [-0.2, -0.15) is 0 Å². The predicted molar refractivity (Wildman–Crippen MR) is 257 cm³/mol. The normalized spacial score (nSPS) is 13.0. The Labute approximate surface area is 353 Å². The third-order valence-corrected chi connectivity index (χ3v) is 13.9. The highest BCUT2D eigenvalue weighted by Gasteiger charge is 2.35. The molecule has 2 nitrogen and oxygen atoms in total. The van der Waals surface area contributed by atoms with E-state index in [1.165, 1.54) is 92.2 Å². The maximum Gasteiger partial charge on any atom is 0.0541 e. The SMILES string of the molecule is CC1(C)c2ccccc2-c2ccc(N(c3ccc(-c4ccc5c(c4)c4ccccc4n5-c4ccccc4)cc3)c3cccc(-c4ccc5sc6ccccc6c5c4)c3)cc21. The quantitative estimate of drug-likeness (QED) is 0.163. The van der Waals surface area contributed by atoms with Crippen molar-refractivity contribution in [1.82, 2.24) is 4.57 Å². The average Bonchev–Trinajstić information content (AvgIpc) is 3.92. The van der Waals surface area contributed by atoms with E-state index in [2.05, 4.69) is 230 Å². The minimum absolute atomic E-state index is 0.111. The van der Waals surface area contributed by atoms with Crippen molar-refractivity contribution < 1.29 is 0 Å². The fourth-order valence-corrected chi connectivity index (χ4v) is 10.9. The van der Waals surface area contributed by atoms with Crippen molar-refractivity contribution in [2.45, 2.75) is 19.3 Å². The minimum atomic E-state index is -0.111. The predicted octanol–water partition coefficient (Wildman–Crippen LogP) is 16.3. The van der Waals surface area contributed by atoms with Gasteiger partial charge in [0.15, 0.2) is 0 Å². The van der Waals surface area contributed by atoms with Gasteiger partial charge in [0.1, 0.15) is 0 Å². The molecule has 1 aliphatic rings. The smallest absolute Gasteiger partial charge is 0.0541 e. The molecule has 11 aromatic rings. The highest BCUT2D eigenvalue weighted by molar-refractivity contribution is 7.25. The third kappa shape index (κ3) is 5.40. The number of para-hydroxylation sites is 2. The number of aromatic nitrogens is 1. The number of thiophene rings is 1. The summed E-state index contributed by atoms with van der Waals surface area (Å²) in [6.07, 6.45) is 0. The van der Waals surface area contributed by atoms with Crippen LogP contribution in [0.25, 0.3) is 81.0 Å². The molecule has 3 heteroatoms. The number of nitrogens with zero attached hydrogens (tertiary/aromatic N) is 2. The first-order valence-corrected chi connectivity index (χ1v) is 21.6. The Bertz CT molecular complexity index is 3460. The second kappa shape index (κ2) is 13.4. The Hall–Kier alpha value is -7.20. The Kier molecular flexibility index (Phi) is 7.79. The molecule has 0 aliphatic heterocycles. The van der Waals surface area contributed by atoms with Crippen LogP contribution < -0.4 is 4.90 Å². The maximum absolute atomic E-state index is 2.43. The van der Waals surface area contributed by atoms with Crippen molar-refractivity contribution in [3.05, 3.63) is 217 Å². The lowest BCUT2D eigenvalue weighted by Gasteiger charge is -2.28. The Morgan fingerprint density at radius 2 is 1.00 bits per heavy atom. The molecule has 2 aromatic heterocycles. The zero-order valence-corrected chi connectivity index (χ0v) is 34.2. The second-order valence-corrected chi connectivity index (χ2v) is 17.6. The Morgan fingerprint density at radius 1 is 0.383 bits per heavy atom. The van der Waals surface area contributed by atoms with Gasteiger partial charge in [-0.3, -0.25) is 0 Å². The van der Waals surface area contributed by atoms with Crippen LogP contribution in [-0.2, 0) is 5.41 Å². The number of benzene rings is 9. The molecule has 60 heavy (non-hydrogen) atoms. The van der Waals surface area contributed by atoms with Crippen molar-refractivity contribution in [2.24, 2.45) is 0 Å². The molecule has 9 aromatic carbocycles. The van der Waals surface area contributed by atoms with Gasteiger partial charge in [-0.15, -0.1) is 11.3 Å². The molecule has 284 valence electrons. The number of fused-ring (bicyclic) bond motifs is 9. The van der Waals surface area contributed by atoms with Gasteiger partial charge in [-0.1, -0.05) is 135 Å². The summed E-state index contributed by atoms with van der Waals surface area (Å²) in [4.78, 5) is 2.43. The van der Waals surface area contributed by atoms with Gasteiger partial charge in [0.05, 0.1) is 11.0 Å². The van der Waals surface area contributed by atoms with Crippen LogP contribution in [0.5, 0.6) is 0 Å². The molecule has 0 radical (unpaired) electrons. The molecule has 0 atom stereocenters. The summed E-state index contributed by atoms with van der Waals surface area (Å²) in [5.41, 5.74) is 17.1. The van der Waals surface area contributed by atoms with Crippen molar-refractivity contribution in [3.8, 4) is 39.1 Å². The number of rotatable bonds is 6. The van der Waals surface area contributed by atoms with E-state index in [0.29, 0.717) is 0 Å². The van der Waals surface area contributed by atoms with Gasteiger partial charge < -0.3 is 9.47 Å². The molecule has 2 heterocycles. The summed E-state index contributed by atoms with van der Waals surface area (Å²) in [5.74, 6) is 0. The summed E-state index contributed by atoms with van der Waals surface area (Å²) in [5, 5.41) is 5.15. The number of anilines is 3. The van der Waals surface area contributed by atoms with E-state index >= 15 is 0 Å². The van der Waals surface area contributed by atoms with Crippen LogP contribution in [0.3, 0.4) is 0 Å². The molecule has 0 fully saturated rings. The lowest BCUT2D eigenvalue weighted by molar-refractivity contribution is 0.660. The van der Waals surface area contributed by atoms with Crippen LogP contribution in [0.1, 0.15) is 25.0 Å². The van der Waals surface area contributed by atoms with Gasteiger partial charge in [0.25, 0.3) is 0 Å². The van der Waals surface area contributed by atoms with Crippen molar-refractivity contribution in [3.63, 3.8) is 0 Å². The molecule has 0 amide bonds. The molecule has 1 aliphatic carbocycles. The third-order valence-electron chi connectivity index (χ3n) is 12.8. The first kappa shape index (κ1) is 34.8. The van der Waals surface area contributed by atoms with E-state index < -0.39 is 0 Å². The molecule has 0 unspecified atom stereocenters. The van der Waals surface area contributed by atoms with Gasteiger partial charge >= 0.3 is 0 Å². The molecule has 12 rings (SSSR count). The van der Waals surface area contributed by atoms with E-state index in [0.717, 1.165) is 17.1 Å². The molecule has 0 saturated heterocycles. The molecule has 0 bridgehead atoms. The van der Waals surface area contributed by atoms with Crippen molar-refractivity contribution >= 4 is 70.4 Å². The van der Waals surface area contributed by atoms with E-state index in [9.17, 15) is 0 Å². The van der Waals surface area contributed by atoms with Gasteiger partial charge in [-0.25, -0.2) is 0 Å². The average molecular weight is 785 g/mol. The zero-order chi connectivity index (χ0) is 40.0. The highest BCUT2D eigenvalue weighted by atomic mass is 32.1. The largest absolute Gasteiger partial charge is 0.310 e. The van der Waals surface area contributed by atoms with Crippen LogP contribution in [0.4, 0.5) is 17.1 Å².